The van der Waals surface area contributed by atoms with E-state index in [1.54, 1.807) is 41.5 Å². The summed E-state index contributed by atoms with van der Waals surface area (Å²) in [5.74, 6) is -0.927. The number of esters is 2. The van der Waals surface area contributed by atoms with Gasteiger partial charge in [0.1, 0.15) is 23.9 Å². The van der Waals surface area contributed by atoms with Gasteiger partial charge in [-0.3, -0.25) is 4.79 Å². The van der Waals surface area contributed by atoms with E-state index in [0.717, 1.165) is 32.1 Å². The first-order valence-corrected chi connectivity index (χ1v) is 10.8. The SMILES string of the molecule is CCC[C@H]1CCCC[C@H](NC(=O)OC(C)(C)C)C(=O)O[C@@H](C)[C@@H]1OC(=O)C(C)C. The number of nitrogens with one attached hydrogen (secondary N) is 1. The van der Waals surface area contributed by atoms with Crippen LogP contribution in [0.1, 0.15) is 87.0 Å². The Bertz CT molecular complexity index is 554. The van der Waals surface area contributed by atoms with E-state index in [1.807, 2.05) is 0 Å². The minimum absolute atomic E-state index is 0.140. The largest absolute Gasteiger partial charge is 0.458 e. The van der Waals surface area contributed by atoms with Gasteiger partial charge in [0.25, 0.3) is 0 Å². The predicted molar refractivity (Wildman–Crippen MR) is 110 cm³/mol. The van der Waals surface area contributed by atoms with Crippen LogP contribution in [0, 0.1) is 11.8 Å². The lowest BCUT2D eigenvalue weighted by Gasteiger charge is -2.34. The molecule has 4 atom stereocenters. The number of amides is 1. The van der Waals surface area contributed by atoms with Gasteiger partial charge < -0.3 is 19.5 Å². The van der Waals surface area contributed by atoms with Gasteiger partial charge in [0.2, 0.25) is 0 Å². The summed E-state index contributed by atoms with van der Waals surface area (Å²) in [7, 11) is 0. The fraction of sp³-hybridized carbons (Fsp3) is 0.864. The van der Waals surface area contributed by atoms with E-state index in [9.17, 15) is 14.4 Å². The molecule has 0 aromatic heterocycles. The van der Waals surface area contributed by atoms with Crippen molar-refractivity contribution in [3.63, 3.8) is 0 Å². The van der Waals surface area contributed by atoms with E-state index in [-0.39, 0.29) is 17.8 Å². The van der Waals surface area contributed by atoms with Crippen LogP contribution >= 0.6 is 0 Å². The summed E-state index contributed by atoms with van der Waals surface area (Å²) in [6.45, 7) is 12.7. The quantitative estimate of drug-likeness (QED) is 0.532. The molecule has 1 fully saturated rings. The number of rotatable bonds is 5. The van der Waals surface area contributed by atoms with Gasteiger partial charge in [-0.2, -0.15) is 0 Å². The Kier molecular flexibility index (Phi) is 9.93. The molecular formula is C22H39NO6. The van der Waals surface area contributed by atoms with Crippen molar-refractivity contribution in [3.8, 4) is 0 Å². The summed E-state index contributed by atoms with van der Waals surface area (Å²) in [6.07, 6.45) is 3.14. The van der Waals surface area contributed by atoms with Gasteiger partial charge in [0, 0.05) is 0 Å². The molecule has 1 aliphatic heterocycles. The summed E-state index contributed by atoms with van der Waals surface area (Å²) < 4.78 is 16.7. The zero-order chi connectivity index (χ0) is 22.2. The second-order valence-electron chi connectivity index (χ2n) is 9.23. The molecule has 0 radical (unpaired) electrons. The standard InChI is InChI=1S/C22H39NO6/c1-8-11-16-12-9-10-13-17(23-21(26)29-22(5,6)7)20(25)27-15(4)18(16)28-19(24)14(2)3/h14-18H,8-13H2,1-7H3,(H,23,26)/t15-,16-,17-,18-/m0/s1. The third-order valence-corrected chi connectivity index (χ3v) is 4.91. The van der Waals surface area contributed by atoms with E-state index in [1.165, 1.54) is 0 Å². The number of ether oxygens (including phenoxy) is 3. The number of alkyl carbamates (subject to hydrolysis) is 1. The molecule has 1 aliphatic rings. The number of hydrogen-bond acceptors (Lipinski definition) is 6. The minimum atomic E-state index is -0.781. The summed E-state index contributed by atoms with van der Waals surface area (Å²) in [6, 6.07) is -0.781. The van der Waals surface area contributed by atoms with Gasteiger partial charge in [-0.15, -0.1) is 0 Å². The van der Waals surface area contributed by atoms with Crippen LogP contribution in [-0.4, -0.2) is 41.9 Å². The molecule has 1 rings (SSSR count). The second-order valence-corrected chi connectivity index (χ2v) is 9.23. The molecule has 7 nitrogen and oxygen atoms in total. The molecule has 0 aromatic rings. The number of carbonyl (C=O) groups excluding carboxylic acids is 3. The number of cyclic esters (lactones) is 1. The molecule has 168 valence electrons. The van der Waals surface area contributed by atoms with Crippen LogP contribution in [0.2, 0.25) is 0 Å². The molecule has 0 aromatic carbocycles. The molecule has 0 saturated carbocycles. The second kappa shape index (κ2) is 11.4. The van der Waals surface area contributed by atoms with E-state index >= 15 is 0 Å². The Morgan fingerprint density at radius 3 is 2.38 bits per heavy atom. The zero-order valence-corrected chi connectivity index (χ0v) is 19.1. The topological polar surface area (TPSA) is 90.9 Å². The minimum Gasteiger partial charge on any atom is -0.458 e. The molecule has 0 unspecified atom stereocenters. The van der Waals surface area contributed by atoms with Crippen molar-refractivity contribution in [3.05, 3.63) is 0 Å². The van der Waals surface area contributed by atoms with Crippen LogP contribution in [0.4, 0.5) is 4.79 Å². The van der Waals surface area contributed by atoms with Crippen LogP contribution in [0.25, 0.3) is 0 Å². The summed E-state index contributed by atoms with van der Waals surface area (Å²) in [5.41, 5.74) is -0.652. The van der Waals surface area contributed by atoms with Gasteiger partial charge in [-0.25, -0.2) is 9.59 Å². The van der Waals surface area contributed by atoms with Crippen molar-refractivity contribution in [1.29, 1.82) is 0 Å². The number of carbonyl (C=O) groups is 3. The highest BCUT2D eigenvalue weighted by Crippen LogP contribution is 2.28. The van der Waals surface area contributed by atoms with E-state index in [2.05, 4.69) is 12.2 Å². The van der Waals surface area contributed by atoms with Gasteiger partial charge in [0.05, 0.1) is 5.92 Å². The maximum Gasteiger partial charge on any atom is 0.408 e. The van der Waals surface area contributed by atoms with Crippen molar-refractivity contribution < 1.29 is 28.6 Å². The lowest BCUT2D eigenvalue weighted by Crippen LogP contribution is -2.48. The molecule has 1 saturated heterocycles. The smallest absolute Gasteiger partial charge is 0.408 e. The Hall–Kier alpha value is -1.79. The van der Waals surface area contributed by atoms with Crippen LogP contribution < -0.4 is 5.32 Å². The normalized spacial score (nSPS) is 26.4. The first kappa shape index (κ1) is 25.2. The monoisotopic (exact) mass is 413 g/mol. The fourth-order valence-electron chi connectivity index (χ4n) is 3.48. The van der Waals surface area contributed by atoms with Crippen LogP contribution in [0.3, 0.4) is 0 Å². The van der Waals surface area contributed by atoms with E-state index in [4.69, 9.17) is 14.2 Å². The van der Waals surface area contributed by atoms with Crippen molar-refractivity contribution in [2.45, 2.75) is 111 Å². The summed E-state index contributed by atoms with van der Waals surface area (Å²) in [4.78, 5) is 37.1. The third kappa shape index (κ3) is 9.05. The molecule has 0 spiro atoms. The van der Waals surface area contributed by atoms with E-state index in [0.29, 0.717) is 6.42 Å². The fourth-order valence-corrected chi connectivity index (χ4v) is 3.48. The Labute approximate surface area is 175 Å². The average molecular weight is 414 g/mol. The predicted octanol–water partition coefficient (Wildman–Crippen LogP) is 4.37. The molecule has 29 heavy (non-hydrogen) atoms. The highest BCUT2D eigenvalue weighted by molar-refractivity contribution is 5.81. The zero-order valence-electron chi connectivity index (χ0n) is 19.1. The van der Waals surface area contributed by atoms with Gasteiger partial charge in [0.15, 0.2) is 0 Å². The Morgan fingerprint density at radius 1 is 1.21 bits per heavy atom. The summed E-state index contributed by atoms with van der Waals surface area (Å²) in [5, 5.41) is 2.63. The van der Waals surface area contributed by atoms with Crippen molar-refractivity contribution >= 4 is 18.0 Å². The lowest BCUT2D eigenvalue weighted by atomic mass is 9.87. The lowest BCUT2D eigenvalue weighted by molar-refractivity contribution is -0.175. The maximum atomic E-state index is 12.7. The molecule has 0 bridgehead atoms. The van der Waals surface area contributed by atoms with Crippen LogP contribution in [0.5, 0.6) is 0 Å². The van der Waals surface area contributed by atoms with Gasteiger partial charge in [-0.05, 0) is 52.9 Å². The maximum absolute atomic E-state index is 12.7. The van der Waals surface area contributed by atoms with E-state index < -0.39 is 35.9 Å². The van der Waals surface area contributed by atoms with Gasteiger partial charge in [-0.1, -0.05) is 40.0 Å². The third-order valence-electron chi connectivity index (χ3n) is 4.91. The average Bonchev–Trinajstić information content (AvgIpc) is 2.58. The first-order chi connectivity index (χ1) is 13.4. The highest BCUT2D eigenvalue weighted by Gasteiger charge is 2.36. The first-order valence-electron chi connectivity index (χ1n) is 10.8. The highest BCUT2D eigenvalue weighted by atomic mass is 16.6. The molecule has 1 N–H and O–H groups in total. The Balaban J connectivity index is 2.93. The molecule has 0 aliphatic carbocycles. The molecule has 7 heteroatoms. The van der Waals surface area contributed by atoms with Crippen LogP contribution in [-0.2, 0) is 23.8 Å². The molecule has 1 amide bonds. The van der Waals surface area contributed by atoms with Crippen molar-refractivity contribution in [1.82, 2.24) is 5.32 Å². The Morgan fingerprint density at radius 2 is 1.83 bits per heavy atom. The van der Waals surface area contributed by atoms with Crippen molar-refractivity contribution in [2.75, 3.05) is 0 Å². The van der Waals surface area contributed by atoms with Crippen LogP contribution in [0.15, 0.2) is 0 Å². The molecule has 1 heterocycles. The molecular weight excluding hydrogens is 374 g/mol. The number of hydrogen-bond donors (Lipinski definition) is 1. The van der Waals surface area contributed by atoms with Gasteiger partial charge >= 0.3 is 18.0 Å². The summed E-state index contributed by atoms with van der Waals surface area (Å²) >= 11 is 0. The van der Waals surface area contributed by atoms with Crippen molar-refractivity contribution in [2.24, 2.45) is 11.8 Å².